The van der Waals surface area contributed by atoms with Crippen LogP contribution in [0.1, 0.15) is 44.0 Å². The zero-order chi connectivity index (χ0) is 9.10. The molecule has 1 aliphatic rings. The Morgan fingerprint density at radius 2 is 2.15 bits per heavy atom. The molecule has 0 bridgehead atoms. The summed E-state index contributed by atoms with van der Waals surface area (Å²) in [7, 11) is 0. The summed E-state index contributed by atoms with van der Waals surface area (Å²) in [6.45, 7) is 3.74. The molecule has 2 rings (SSSR count). The Labute approximate surface area is 78.5 Å². The van der Waals surface area contributed by atoms with E-state index >= 15 is 0 Å². The summed E-state index contributed by atoms with van der Waals surface area (Å²) in [4.78, 5) is 0. The Hall–Kier alpha value is -1.12. The van der Waals surface area contributed by atoms with E-state index in [4.69, 9.17) is 0 Å². The number of nitrogens with zero attached hydrogens (tertiary/aromatic N) is 3. The third kappa shape index (κ3) is 1.64. The van der Waals surface area contributed by atoms with E-state index in [-0.39, 0.29) is 0 Å². The monoisotopic (exact) mass is 177 g/mol. The SMILES string of the molecule is C=Cc1nncn1C1CCCCC1. The van der Waals surface area contributed by atoms with Gasteiger partial charge in [-0.05, 0) is 18.9 Å². The van der Waals surface area contributed by atoms with Crippen LogP contribution in [0.5, 0.6) is 0 Å². The van der Waals surface area contributed by atoms with Gasteiger partial charge in [0, 0.05) is 6.04 Å². The van der Waals surface area contributed by atoms with Crippen molar-refractivity contribution in [1.29, 1.82) is 0 Å². The minimum absolute atomic E-state index is 0.608. The van der Waals surface area contributed by atoms with Crippen molar-refractivity contribution >= 4 is 6.08 Å². The van der Waals surface area contributed by atoms with Crippen LogP contribution < -0.4 is 0 Å². The summed E-state index contributed by atoms with van der Waals surface area (Å²) >= 11 is 0. The maximum Gasteiger partial charge on any atom is 0.156 e. The predicted octanol–water partition coefficient (Wildman–Crippen LogP) is 2.43. The van der Waals surface area contributed by atoms with Crippen LogP contribution in [0.3, 0.4) is 0 Å². The minimum atomic E-state index is 0.608. The standard InChI is InChI=1S/C10H15N3/c1-2-10-12-11-8-13(10)9-6-4-3-5-7-9/h2,8-9H,1,3-7H2. The molecule has 1 saturated carbocycles. The van der Waals surface area contributed by atoms with E-state index in [1.54, 1.807) is 6.08 Å². The van der Waals surface area contributed by atoms with Gasteiger partial charge in [0.15, 0.2) is 5.82 Å². The summed E-state index contributed by atoms with van der Waals surface area (Å²) in [5.41, 5.74) is 0. The van der Waals surface area contributed by atoms with E-state index in [1.165, 1.54) is 32.1 Å². The van der Waals surface area contributed by atoms with Crippen molar-refractivity contribution in [2.45, 2.75) is 38.1 Å². The van der Waals surface area contributed by atoms with Gasteiger partial charge in [0.1, 0.15) is 6.33 Å². The summed E-state index contributed by atoms with van der Waals surface area (Å²) in [5.74, 6) is 0.909. The first-order chi connectivity index (χ1) is 6.42. The second-order valence-electron chi connectivity index (χ2n) is 3.59. The van der Waals surface area contributed by atoms with Crippen molar-refractivity contribution < 1.29 is 0 Å². The summed E-state index contributed by atoms with van der Waals surface area (Å²) < 4.78 is 2.16. The smallest absolute Gasteiger partial charge is 0.156 e. The normalized spacial score (nSPS) is 18.8. The average Bonchev–Trinajstić information content (AvgIpc) is 2.67. The molecule has 0 unspecified atom stereocenters. The van der Waals surface area contributed by atoms with Gasteiger partial charge in [-0.25, -0.2) is 0 Å². The molecular formula is C10H15N3. The van der Waals surface area contributed by atoms with Crippen LogP contribution in [-0.2, 0) is 0 Å². The molecule has 1 heterocycles. The van der Waals surface area contributed by atoms with Gasteiger partial charge in [-0.15, -0.1) is 10.2 Å². The predicted molar refractivity (Wildman–Crippen MR) is 52.2 cm³/mol. The molecule has 70 valence electrons. The van der Waals surface area contributed by atoms with E-state index in [0.717, 1.165) is 5.82 Å². The first-order valence-electron chi connectivity index (χ1n) is 4.94. The Morgan fingerprint density at radius 3 is 2.85 bits per heavy atom. The van der Waals surface area contributed by atoms with Crippen LogP contribution >= 0.6 is 0 Å². The summed E-state index contributed by atoms with van der Waals surface area (Å²) in [6, 6.07) is 0.608. The van der Waals surface area contributed by atoms with Gasteiger partial charge in [0.05, 0.1) is 0 Å². The van der Waals surface area contributed by atoms with Crippen LogP contribution in [0.4, 0.5) is 0 Å². The van der Waals surface area contributed by atoms with Gasteiger partial charge in [-0.2, -0.15) is 0 Å². The van der Waals surface area contributed by atoms with Crippen LogP contribution in [0.2, 0.25) is 0 Å². The fourth-order valence-electron chi connectivity index (χ4n) is 2.04. The van der Waals surface area contributed by atoms with Crippen LogP contribution in [0.25, 0.3) is 6.08 Å². The first kappa shape index (κ1) is 8.48. The number of hydrogen-bond donors (Lipinski definition) is 0. The summed E-state index contributed by atoms with van der Waals surface area (Å²) in [5, 5.41) is 7.91. The molecule has 1 aromatic rings. The number of rotatable bonds is 2. The van der Waals surface area contributed by atoms with Gasteiger partial charge < -0.3 is 4.57 Å². The molecule has 0 N–H and O–H groups in total. The fraction of sp³-hybridized carbons (Fsp3) is 0.600. The van der Waals surface area contributed by atoms with E-state index in [1.807, 2.05) is 6.33 Å². The highest BCUT2D eigenvalue weighted by atomic mass is 15.3. The Morgan fingerprint density at radius 1 is 1.38 bits per heavy atom. The fourth-order valence-corrected chi connectivity index (χ4v) is 2.04. The quantitative estimate of drug-likeness (QED) is 0.694. The van der Waals surface area contributed by atoms with Crippen LogP contribution in [0.15, 0.2) is 12.9 Å². The molecule has 1 fully saturated rings. The first-order valence-corrected chi connectivity index (χ1v) is 4.94. The molecule has 13 heavy (non-hydrogen) atoms. The highest BCUT2D eigenvalue weighted by molar-refractivity contribution is 5.35. The maximum atomic E-state index is 4.00. The maximum absolute atomic E-state index is 4.00. The van der Waals surface area contributed by atoms with Gasteiger partial charge in [0.25, 0.3) is 0 Å². The zero-order valence-corrected chi connectivity index (χ0v) is 7.82. The van der Waals surface area contributed by atoms with Crippen molar-refractivity contribution in [3.63, 3.8) is 0 Å². The van der Waals surface area contributed by atoms with Gasteiger partial charge >= 0.3 is 0 Å². The van der Waals surface area contributed by atoms with E-state index in [2.05, 4.69) is 21.3 Å². The van der Waals surface area contributed by atoms with Crippen molar-refractivity contribution in [2.75, 3.05) is 0 Å². The molecule has 3 heteroatoms. The molecule has 0 radical (unpaired) electrons. The van der Waals surface area contributed by atoms with Crippen LogP contribution in [0, 0.1) is 0 Å². The van der Waals surface area contributed by atoms with E-state index in [9.17, 15) is 0 Å². The third-order valence-corrected chi connectivity index (χ3v) is 2.75. The Kier molecular flexibility index (Phi) is 2.43. The molecule has 0 aromatic carbocycles. The average molecular weight is 177 g/mol. The molecule has 0 amide bonds. The molecule has 3 nitrogen and oxygen atoms in total. The lowest BCUT2D eigenvalue weighted by Crippen LogP contribution is -2.13. The van der Waals surface area contributed by atoms with Gasteiger partial charge in [-0.3, -0.25) is 0 Å². The minimum Gasteiger partial charge on any atom is -0.311 e. The van der Waals surface area contributed by atoms with Crippen molar-refractivity contribution in [2.24, 2.45) is 0 Å². The van der Waals surface area contributed by atoms with Crippen LogP contribution in [-0.4, -0.2) is 14.8 Å². The van der Waals surface area contributed by atoms with Crippen molar-refractivity contribution in [3.8, 4) is 0 Å². The molecule has 1 aliphatic carbocycles. The third-order valence-electron chi connectivity index (χ3n) is 2.75. The molecule has 0 saturated heterocycles. The molecule has 1 aromatic heterocycles. The topological polar surface area (TPSA) is 30.7 Å². The largest absolute Gasteiger partial charge is 0.311 e. The number of aromatic nitrogens is 3. The lowest BCUT2D eigenvalue weighted by Gasteiger charge is -2.23. The lowest BCUT2D eigenvalue weighted by molar-refractivity contribution is 0.351. The second kappa shape index (κ2) is 3.73. The lowest BCUT2D eigenvalue weighted by atomic mass is 9.95. The van der Waals surface area contributed by atoms with Crippen molar-refractivity contribution in [1.82, 2.24) is 14.8 Å². The highest BCUT2D eigenvalue weighted by Gasteiger charge is 2.16. The summed E-state index contributed by atoms with van der Waals surface area (Å²) in [6.07, 6.45) is 10.2. The second-order valence-corrected chi connectivity index (χ2v) is 3.59. The molecule has 0 spiro atoms. The van der Waals surface area contributed by atoms with Crippen molar-refractivity contribution in [3.05, 3.63) is 18.7 Å². The van der Waals surface area contributed by atoms with Gasteiger partial charge in [-0.1, -0.05) is 25.8 Å². The Bertz CT molecular complexity index is 284. The van der Waals surface area contributed by atoms with E-state index < -0.39 is 0 Å². The molecule has 0 aliphatic heterocycles. The van der Waals surface area contributed by atoms with Gasteiger partial charge in [0.2, 0.25) is 0 Å². The molecule has 0 atom stereocenters. The Balaban J connectivity index is 2.17. The zero-order valence-electron chi connectivity index (χ0n) is 7.82. The highest BCUT2D eigenvalue weighted by Crippen LogP contribution is 2.28. The number of hydrogen-bond acceptors (Lipinski definition) is 2. The van der Waals surface area contributed by atoms with E-state index in [0.29, 0.717) is 6.04 Å². The molecular weight excluding hydrogens is 162 g/mol.